The van der Waals surface area contributed by atoms with Crippen molar-refractivity contribution in [1.29, 1.82) is 0 Å². The van der Waals surface area contributed by atoms with Crippen LogP contribution in [0.1, 0.15) is 24.5 Å². The van der Waals surface area contributed by atoms with E-state index in [0.717, 1.165) is 10.7 Å². The van der Waals surface area contributed by atoms with E-state index in [-0.39, 0.29) is 30.7 Å². The van der Waals surface area contributed by atoms with Gasteiger partial charge >= 0.3 is 5.97 Å². The average Bonchev–Trinajstić information content (AvgIpc) is 2.50. The Balaban J connectivity index is 0. The molecule has 1 unspecified atom stereocenters. The molecule has 0 aromatic carbocycles. The van der Waals surface area contributed by atoms with E-state index in [2.05, 4.69) is 10.3 Å². The Hall–Kier alpha value is -0.360. The summed E-state index contributed by atoms with van der Waals surface area (Å²) in [6.07, 6.45) is 0. The van der Waals surface area contributed by atoms with E-state index in [9.17, 15) is 4.79 Å². The van der Waals surface area contributed by atoms with Crippen molar-refractivity contribution in [2.24, 2.45) is 5.92 Å². The zero-order valence-corrected chi connectivity index (χ0v) is 12.4. The Bertz CT molecular complexity index is 345. The Morgan fingerprint density at radius 1 is 1.53 bits per heavy atom. The second kappa shape index (κ2) is 8.69. The van der Waals surface area contributed by atoms with Gasteiger partial charge in [-0.15, -0.1) is 36.2 Å². The number of thiazole rings is 1. The zero-order valence-electron chi connectivity index (χ0n) is 9.97. The van der Waals surface area contributed by atoms with Crippen LogP contribution in [0.3, 0.4) is 0 Å². The predicted octanol–water partition coefficient (Wildman–Crippen LogP) is 2.49. The monoisotopic (exact) mass is 300 g/mol. The number of halogens is 2. The molecule has 0 aliphatic carbocycles. The molecule has 0 amide bonds. The number of aryl methyl sites for hydroxylation is 1. The molecule has 0 aliphatic heterocycles. The smallest absolute Gasteiger partial charge is 0.320 e. The topological polar surface area (TPSA) is 62.2 Å². The summed E-state index contributed by atoms with van der Waals surface area (Å²) in [5, 5.41) is 14.9. The molecule has 1 aromatic heterocycles. The lowest BCUT2D eigenvalue weighted by atomic mass is 10.1. The summed E-state index contributed by atoms with van der Waals surface area (Å²) in [4.78, 5) is 15.2. The number of aliphatic carboxylic acids is 1. The van der Waals surface area contributed by atoms with Crippen LogP contribution in [-0.4, -0.2) is 22.1 Å². The van der Waals surface area contributed by atoms with Crippen LogP contribution in [0.25, 0.3) is 0 Å². The fourth-order valence-corrected chi connectivity index (χ4v) is 1.92. The fourth-order valence-electron chi connectivity index (χ4n) is 1.31. The minimum absolute atomic E-state index is 0. The van der Waals surface area contributed by atoms with E-state index in [4.69, 9.17) is 5.11 Å². The highest BCUT2D eigenvalue weighted by Gasteiger charge is 2.20. The van der Waals surface area contributed by atoms with Crippen molar-refractivity contribution in [3.05, 3.63) is 16.1 Å². The number of carbonyl (C=O) groups is 1. The lowest BCUT2D eigenvalue weighted by Crippen LogP contribution is -2.40. The average molecular weight is 301 g/mol. The highest BCUT2D eigenvalue weighted by Crippen LogP contribution is 2.09. The molecule has 0 fully saturated rings. The maximum atomic E-state index is 10.9. The molecule has 0 spiro atoms. The van der Waals surface area contributed by atoms with Gasteiger partial charge in [0.05, 0.1) is 10.7 Å². The molecule has 1 atom stereocenters. The predicted molar refractivity (Wildman–Crippen MR) is 74.4 cm³/mol. The number of carboxylic acids is 1. The summed E-state index contributed by atoms with van der Waals surface area (Å²) in [6, 6.07) is -0.507. The standard InChI is InChI=1S/C10H16N2O2S.2ClH/c1-6(2)9(10(13)14)11-4-8-5-15-7(3)12-8;;/h5-6,9,11H,4H2,1-3H3,(H,13,14);2*1H. The van der Waals surface area contributed by atoms with E-state index in [1.54, 1.807) is 11.3 Å². The van der Waals surface area contributed by atoms with Gasteiger partial charge in [0.25, 0.3) is 0 Å². The molecule has 0 bridgehead atoms. The molecule has 1 heterocycles. The van der Waals surface area contributed by atoms with Crippen molar-refractivity contribution < 1.29 is 9.90 Å². The van der Waals surface area contributed by atoms with Gasteiger partial charge in [-0.25, -0.2) is 4.98 Å². The highest BCUT2D eigenvalue weighted by atomic mass is 35.5. The van der Waals surface area contributed by atoms with Crippen LogP contribution < -0.4 is 5.32 Å². The Morgan fingerprint density at radius 2 is 2.12 bits per heavy atom. The summed E-state index contributed by atoms with van der Waals surface area (Å²) >= 11 is 1.57. The third-order valence-corrected chi connectivity index (χ3v) is 2.92. The lowest BCUT2D eigenvalue weighted by molar-refractivity contribution is -0.140. The van der Waals surface area contributed by atoms with Crippen molar-refractivity contribution >= 4 is 42.1 Å². The molecule has 1 aromatic rings. The number of carboxylic acid groups (broad SMARTS) is 1. The summed E-state index contributed by atoms with van der Waals surface area (Å²) in [5.74, 6) is -0.737. The molecule has 2 N–H and O–H groups in total. The molecule has 1 rings (SSSR count). The van der Waals surface area contributed by atoms with Crippen molar-refractivity contribution in [3.8, 4) is 0 Å². The van der Waals surface area contributed by atoms with Crippen LogP contribution in [0, 0.1) is 12.8 Å². The maximum Gasteiger partial charge on any atom is 0.320 e. The number of nitrogens with zero attached hydrogens (tertiary/aromatic N) is 1. The SMILES string of the molecule is Cc1nc(CNC(C(=O)O)C(C)C)cs1.Cl.Cl. The minimum atomic E-state index is -0.808. The van der Waals surface area contributed by atoms with Gasteiger partial charge in [0.2, 0.25) is 0 Å². The summed E-state index contributed by atoms with van der Waals surface area (Å²) in [6.45, 7) is 6.22. The van der Waals surface area contributed by atoms with E-state index in [1.807, 2.05) is 26.2 Å². The van der Waals surface area contributed by atoms with Gasteiger partial charge in [-0.1, -0.05) is 13.8 Å². The molecule has 0 saturated heterocycles. The van der Waals surface area contributed by atoms with Crippen LogP contribution in [0.2, 0.25) is 0 Å². The summed E-state index contributed by atoms with van der Waals surface area (Å²) < 4.78 is 0. The largest absolute Gasteiger partial charge is 0.480 e. The first-order chi connectivity index (χ1) is 7.00. The van der Waals surface area contributed by atoms with Gasteiger partial charge in [-0.2, -0.15) is 0 Å². The van der Waals surface area contributed by atoms with Crippen LogP contribution >= 0.6 is 36.2 Å². The van der Waals surface area contributed by atoms with Crippen molar-refractivity contribution in [2.75, 3.05) is 0 Å². The quantitative estimate of drug-likeness (QED) is 0.877. The van der Waals surface area contributed by atoms with E-state index >= 15 is 0 Å². The fraction of sp³-hybridized carbons (Fsp3) is 0.600. The number of nitrogens with one attached hydrogen (secondary N) is 1. The number of hydrogen-bond donors (Lipinski definition) is 2. The molecule has 100 valence electrons. The van der Waals surface area contributed by atoms with Crippen molar-refractivity contribution in [3.63, 3.8) is 0 Å². The molecule has 4 nitrogen and oxygen atoms in total. The molecule has 17 heavy (non-hydrogen) atoms. The third kappa shape index (κ3) is 6.21. The van der Waals surface area contributed by atoms with Crippen molar-refractivity contribution in [1.82, 2.24) is 10.3 Å². The summed E-state index contributed by atoms with van der Waals surface area (Å²) in [7, 11) is 0. The van der Waals surface area contributed by atoms with E-state index in [0.29, 0.717) is 6.54 Å². The molecule has 0 radical (unpaired) electrons. The number of hydrogen-bond acceptors (Lipinski definition) is 4. The molecule has 0 saturated carbocycles. The van der Waals surface area contributed by atoms with Crippen LogP contribution in [0.5, 0.6) is 0 Å². The van der Waals surface area contributed by atoms with E-state index < -0.39 is 12.0 Å². The first-order valence-electron chi connectivity index (χ1n) is 4.88. The van der Waals surface area contributed by atoms with Gasteiger partial charge in [0.15, 0.2) is 0 Å². The van der Waals surface area contributed by atoms with E-state index in [1.165, 1.54) is 0 Å². The van der Waals surface area contributed by atoms with Gasteiger partial charge in [-0.05, 0) is 12.8 Å². The minimum Gasteiger partial charge on any atom is -0.480 e. The second-order valence-electron chi connectivity index (χ2n) is 3.80. The first kappa shape index (κ1) is 19.0. The first-order valence-corrected chi connectivity index (χ1v) is 5.76. The third-order valence-electron chi connectivity index (χ3n) is 2.10. The Kier molecular flexibility index (Phi) is 9.71. The van der Waals surface area contributed by atoms with Gasteiger partial charge in [0.1, 0.15) is 6.04 Å². The van der Waals surface area contributed by atoms with Crippen LogP contribution in [-0.2, 0) is 11.3 Å². The molecule has 7 heteroatoms. The highest BCUT2D eigenvalue weighted by molar-refractivity contribution is 7.09. The maximum absolute atomic E-state index is 10.9. The summed E-state index contributed by atoms with van der Waals surface area (Å²) in [5.41, 5.74) is 0.907. The lowest BCUT2D eigenvalue weighted by Gasteiger charge is -2.16. The number of aromatic nitrogens is 1. The van der Waals surface area contributed by atoms with Crippen LogP contribution in [0.4, 0.5) is 0 Å². The normalized spacial score (nSPS) is 11.5. The Labute approximate surface area is 118 Å². The van der Waals surface area contributed by atoms with Crippen molar-refractivity contribution in [2.45, 2.75) is 33.4 Å². The van der Waals surface area contributed by atoms with Crippen LogP contribution in [0.15, 0.2) is 5.38 Å². The van der Waals surface area contributed by atoms with Gasteiger partial charge < -0.3 is 5.11 Å². The molecule has 0 aliphatic rings. The molecular formula is C10H18Cl2N2O2S. The Morgan fingerprint density at radius 3 is 2.47 bits per heavy atom. The molecular weight excluding hydrogens is 283 g/mol. The zero-order chi connectivity index (χ0) is 11.4. The number of rotatable bonds is 5. The second-order valence-corrected chi connectivity index (χ2v) is 4.86. The van der Waals surface area contributed by atoms with Gasteiger partial charge in [0, 0.05) is 11.9 Å². The van der Waals surface area contributed by atoms with Gasteiger partial charge in [-0.3, -0.25) is 10.1 Å².